The fourth-order valence-electron chi connectivity index (χ4n) is 1.91. The Hall–Kier alpha value is -2.52. The molecule has 2 rings (SSSR count). The highest BCUT2D eigenvalue weighted by Gasteiger charge is 2.35. The fourth-order valence-corrected chi connectivity index (χ4v) is 1.91. The van der Waals surface area contributed by atoms with Gasteiger partial charge in [0, 0.05) is 25.5 Å². The quantitative estimate of drug-likeness (QED) is 0.631. The van der Waals surface area contributed by atoms with Crippen LogP contribution in [0.2, 0.25) is 0 Å². The van der Waals surface area contributed by atoms with Crippen molar-refractivity contribution in [3.8, 4) is 0 Å². The average Bonchev–Trinajstić information content (AvgIpc) is 2.50. The van der Waals surface area contributed by atoms with Crippen molar-refractivity contribution < 1.29 is 26.3 Å². The van der Waals surface area contributed by atoms with Gasteiger partial charge >= 0.3 is 12.4 Å². The van der Waals surface area contributed by atoms with E-state index in [1.165, 1.54) is 12.4 Å². The normalized spacial score (nSPS) is 12.1. The zero-order chi connectivity index (χ0) is 17.8. The standard InChI is InChI=1S/C14H12F6N4/c15-13(16,17)9-3-1-5-21-11(9)23-7-8-24-12-10(14(18,19)20)4-2-6-22-12/h1-6H,7-8H2,(H,21,23)(H,22,24). The van der Waals surface area contributed by atoms with Crippen LogP contribution in [-0.4, -0.2) is 23.1 Å². The Morgan fingerprint density at radius 3 is 1.42 bits per heavy atom. The molecule has 0 saturated heterocycles. The number of alkyl halides is 6. The van der Waals surface area contributed by atoms with Crippen molar-refractivity contribution in [3.05, 3.63) is 47.8 Å². The maximum Gasteiger partial charge on any atom is 0.419 e. The molecule has 2 aromatic rings. The summed E-state index contributed by atoms with van der Waals surface area (Å²) in [5.74, 6) is -0.771. The van der Waals surface area contributed by atoms with Crippen molar-refractivity contribution in [3.63, 3.8) is 0 Å². The predicted molar refractivity (Wildman–Crippen MR) is 75.5 cm³/mol. The molecule has 2 aromatic heterocycles. The molecule has 0 bridgehead atoms. The third-order valence-electron chi connectivity index (χ3n) is 2.94. The summed E-state index contributed by atoms with van der Waals surface area (Å²) in [6.45, 7) is -0.151. The van der Waals surface area contributed by atoms with Crippen LogP contribution < -0.4 is 10.6 Å². The van der Waals surface area contributed by atoms with Crippen LogP contribution in [0, 0.1) is 0 Å². The summed E-state index contributed by atoms with van der Waals surface area (Å²) in [4.78, 5) is 7.18. The van der Waals surface area contributed by atoms with E-state index in [-0.39, 0.29) is 24.7 Å². The van der Waals surface area contributed by atoms with Gasteiger partial charge < -0.3 is 10.6 Å². The minimum atomic E-state index is -4.57. The Morgan fingerprint density at radius 1 is 0.708 bits per heavy atom. The van der Waals surface area contributed by atoms with E-state index in [9.17, 15) is 26.3 Å². The number of aromatic nitrogens is 2. The first-order chi connectivity index (χ1) is 11.2. The molecule has 0 saturated carbocycles. The molecule has 0 atom stereocenters. The molecule has 10 heteroatoms. The van der Waals surface area contributed by atoms with Gasteiger partial charge in [-0.25, -0.2) is 9.97 Å². The summed E-state index contributed by atoms with van der Waals surface area (Å²) in [6, 6.07) is 4.03. The lowest BCUT2D eigenvalue weighted by atomic mass is 10.2. The maximum absolute atomic E-state index is 12.8. The molecule has 0 fully saturated rings. The second-order valence-corrected chi connectivity index (χ2v) is 4.65. The van der Waals surface area contributed by atoms with Crippen molar-refractivity contribution in [2.75, 3.05) is 23.7 Å². The second-order valence-electron chi connectivity index (χ2n) is 4.65. The fraction of sp³-hybridized carbons (Fsp3) is 0.286. The largest absolute Gasteiger partial charge is 0.419 e. The average molecular weight is 350 g/mol. The summed E-state index contributed by atoms with van der Waals surface area (Å²) in [5.41, 5.74) is -1.89. The molecule has 0 spiro atoms. The predicted octanol–water partition coefficient (Wildman–Crippen LogP) is 4.04. The molecule has 0 aliphatic heterocycles. The van der Waals surface area contributed by atoms with Crippen LogP contribution in [0.1, 0.15) is 11.1 Å². The van der Waals surface area contributed by atoms with Crippen LogP contribution in [-0.2, 0) is 12.4 Å². The highest BCUT2D eigenvalue weighted by Crippen LogP contribution is 2.34. The van der Waals surface area contributed by atoms with E-state index in [1.54, 1.807) is 0 Å². The van der Waals surface area contributed by atoms with E-state index in [1.807, 2.05) is 0 Å². The summed E-state index contributed by atoms with van der Waals surface area (Å²) < 4.78 is 76.7. The lowest BCUT2D eigenvalue weighted by Crippen LogP contribution is -2.20. The van der Waals surface area contributed by atoms with Gasteiger partial charge in [0.1, 0.15) is 11.6 Å². The Labute approximate surface area is 132 Å². The molecule has 0 aromatic carbocycles. The van der Waals surface area contributed by atoms with Gasteiger partial charge in [0.25, 0.3) is 0 Å². The van der Waals surface area contributed by atoms with E-state index in [0.29, 0.717) is 0 Å². The first-order valence-corrected chi connectivity index (χ1v) is 6.72. The lowest BCUT2D eigenvalue weighted by Gasteiger charge is -2.15. The van der Waals surface area contributed by atoms with E-state index in [4.69, 9.17) is 0 Å². The van der Waals surface area contributed by atoms with Gasteiger partial charge in [0.05, 0.1) is 11.1 Å². The topological polar surface area (TPSA) is 49.8 Å². The molecule has 130 valence electrons. The van der Waals surface area contributed by atoms with Gasteiger partial charge in [-0.15, -0.1) is 0 Å². The summed E-state index contributed by atoms with van der Waals surface area (Å²) >= 11 is 0. The SMILES string of the molecule is FC(F)(F)c1cccnc1NCCNc1ncccc1C(F)(F)F. The molecule has 0 aliphatic carbocycles. The lowest BCUT2D eigenvalue weighted by molar-refractivity contribution is -0.138. The zero-order valence-corrected chi connectivity index (χ0v) is 12.0. The monoisotopic (exact) mass is 350 g/mol. The number of hydrogen-bond acceptors (Lipinski definition) is 4. The number of halogens is 6. The van der Waals surface area contributed by atoms with Crippen LogP contribution in [0.25, 0.3) is 0 Å². The van der Waals surface area contributed by atoms with Gasteiger partial charge in [0.15, 0.2) is 0 Å². The van der Waals surface area contributed by atoms with Crippen LogP contribution in [0.15, 0.2) is 36.7 Å². The van der Waals surface area contributed by atoms with E-state index in [0.717, 1.165) is 24.3 Å². The molecule has 0 unspecified atom stereocenters. The second kappa shape index (κ2) is 6.93. The summed E-state index contributed by atoms with van der Waals surface area (Å²) in [5, 5.41) is 4.89. The number of hydrogen-bond donors (Lipinski definition) is 2. The van der Waals surface area contributed by atoms with E-state index < -0.39 is 23.5 Å². The van der Waals surface area contributed by atoms with Crippen molar-refractivity contribution in [2.45, 2.75) is 12.4 Å². The van der Waals surface area contributed by atoms with Crippen LogP contribution >= 0.6 is 0 Å². The molecule has 0 amide bonds. The molecule has 24 heavy (non-hydrogen) atoms. The van der Waals surface area contributed by atoms with Crippen molar-refractivity contribution in [2.24, 2.45) is 0 Å². The number of anilines is 2. The number of nitrogens with zero attached hydrogens (tertiary/aromatic N) is 2. The number of pyridine rings is 2. The molecular formula is C14H12F6N4. The molecular weight excluding hydrogens is 338 g/mol. The van der Waals surface area contributed by atoms with Crippen molar-refractivity contribution >= 4 is 11.6 Å². The Morgan fingerprint density at radius 2 is 1.08 bits per heavy atom. The molecule has 0 radical (unpaired) electrons. The minimum Gasteiger partial charge on any atom is -0.368 e. The summed E-state index contributed by atoms with van der Waals surface area (Å²) in [7, 11) is 0. The Bertz CT molecular complexity index is 624. The van der Waals surface area contributed by atoms with E-state index in [2.05, 4.69) is 20.6 Å². The zero-order valence-electron chi connectivity index (χ0n) is 12.0. The summed E-state index contributed by atoms with van der Waals surface area (Å²) in [6.07, 6.45) is -6.78. The molecule has 2 heterocycles. The molecule has 0 aliphatic rings. The molecule has 4 nitrogen and oxygen atoms in total. The Kier molecular flexibility index (Phi) is 5.15. The van der Waals surface area contributed by atoms with Crippen LogP contribution in [0.3, 0.4) is 0 Å². The first kappa shape index (κ1) is 17.8. The van der Waals surface area contributed by atoms with Crippen LogP contribution in [0.5, 0.6) is 0 Å². The third-order valence-corrected chi connectivity index (χ3v) is 2.94. The van der Waals surface area contributed by atoms with Crippen molar-refractivity contribution in [1.29, 1.82) is 0 Å². The van der Waals surface area contributed by atoms with Crippen molar-refractivity contribution in [1.82, 2.24) is 9.97 Å². The van der Waals surface area contributed by atoms with Gasteiger partial charge in [-0.3, -0.25) is 0 Å². The number of rotatable bonds is 5. The minimum absolute atomic E-state index is 0.0754. The first-order valence-electron chi connectivity index (χ1n) is 6.72. The van der Waals surface area contributed by atoms with Gasteiger partial charge in [-0.2, -0.15) is 26.3 Å². The highest BCUT2D eigenvalue weighted by atomic mass is 19.4. The molecule has 2 N–H and O–H groups in total. The van der Waals surface area contributed by atoms with Gasteiger partial charge in [-0.1, -0.05) is 0 Å². The third kappa shape index (κ3) is 4.49. The highest BCUT2D eigenvalue weighted by molar-refractivity contribution is 5.47. The van der Waals surface area contributed by atoms with E-state index >= 15 is 0 Å². The Balaban J connectivity index is 1.98. The van der Waals surface area contributed by atoms with Gasteiger partial charge in [0.2, 0.25) is 0 Å². The maximum atomic E-state index is 12.8. The smallest absolute Gasteiger partial charge is 0.368 e. The van der Waals surface area contributed by atoms with Crippen LogP contribution in [0.4, 0.5) is 38.0 Å². The van der Waals surface area contributed by atoms with Gasteiger partial charge in [-0.05, 0) is 24.3 Å². The number of nitrogens with one attached hydrogen (secondary N) is 2.